The Bertz CT molecular complexity index is 562. The SMILES string of the molecule is CCCC(C)NC(=O)c1cc2cc(F)ccc2[nH]1. The first-order chi connectivity index (χ1) is 8.60. The molecule has 1 aromatic heterocycles. The zero-order valence-corrected chi connectivity index (χ0v) is 10.6. The molecule has 3 nitrogen and oxygen atoms in total. The number of aromatic nitrogens is 1. The van der Waals surface area contributed by atoms with E-state index in [2.05, 4.69) is 17.2 Å². The van der Waals surface area contributed by atoms with Crippen LogP contribution in [-0.2, 0) is 0 Å². The Labute approximate surface area is 105 Å². The van der Waals surface area contributed by atoms with Crippen LogP contribution in [0, 0.1) is 5.82 Å². The summed E-state index contributed by atoms with van der Waals surface area (Å²) in [5, 5.41) is 3.62. The van der Waals surface area contributed by atoms with Gasteiger partial charge in [0.15, 0.2) is 0 Å². The second-order valence-corrected chi connectivity index (χ2v) is 4.58. The van der Waals surface area contributed by atoms with Crippen LogP contribution in [0.4, 0.5) is 4.39 Å². The predicted octanol–water partition coefficient (Wildman–Crippen LogP) is 3.23. The highest BCUT2D eigenvalue weighted by Gasteiger charge is 2.12. The van der Waals surface area contributed by atoms with Crippen LogP contribution in [-0.4, -0.2) is 16.9 Å². The van der Waals surface area contributed by atoms with Crippen molar-refractivity contribution in [2.75, 3.05) is 0 Å². The van der Waals surface area contributed by atoms with Crippen LogP contribution >= 0.6 is 0 Å². The number of nitrogens with one attached hydrogen (secondary N) is 2. The number of halogens is 1. The number of aromatic amines is 1. The zero-order chi connectivity index (χ0) is 13.1. The molecule has 2 rings (SSSR count). The molecule has 1 heterocycles. The second kappa shape index (κ2) is 5.21. The number of amides is 1. The van der Waals surface area contributed by atoms with Gasteiger partial charge in [-0.3, -0.25) is 4.79 Å². The molecule has 0 aliphatic heterocycles. The van der Waals surface area contributed by atoms with Gasteiger partial charge in [0.2, 0.25) is 0 Å². The van der Waals surface area contributed by atoms with Crippen molar-refractivity contribution in [1.29, 1.82) is 0 Å². The van der Waals surface area contributed by atoms with Gasteiger partial charge in [0.1, 0.15) is 11.5 Å². The third kappa shape index (κ3) is 2.70. The van der Waals surface area contributed by atoms with Gasteiger partial charge in [-0.25, -0.2) is 4.39 Å². The van der Waals surface area contributed by atoms with Crippen LogP contribution in [0.1, 0.15) is 37.2 Å². The molecule has 0 bridgehead atoms. The number of fused-ring (bicyclic) bond motifs is 1. The van der Waals surface area contributed by atoms with Gasteiger partial charge < -0.3 is 10.3 Å². The molecule has 18 heavy (non-hydrogen) atoms. The van der Waals surface area contributed by atoms with E-state index in [0.717, 1.165) is 18.4 Å². The molecule has 0 saturated heterocycles. The topological polar surface area (TPSA) is 44.9 Å². The fourth-order valence-corrected chi connectivity index (χ4v) is 2.03. The number of benzene rings is 1. The molecular formula is C14H17FN2O. The highest BCUT2D eigenvalue weighted by molar-refractivity contribution is 5.98. The molecule has 4 heteroatoms. The summed E-state index contributed by atoms with van der Waals surface area (Å²) in [5.74, 6) is -0.444. The molecule has 0 fully saturated rings. The Morgan fingerprint density at radius 3 is 2.94 bits per heavy atom. The van der Waals surface area contributed by atoms with E-state index in [1.807, 2.05) is 6.92 Å². The summed E-state index contributed by atoms with van der Waals surface area (Å²) in [6.07, 6.45) is 1.97. The van der Waals surface area contributed by atoms with Crippen molar-refractivity contribution in [3.8, 4) is 0 Å². The lowest BCUT2D eigenvalue weighted by Crippen LogP contribution is -2.32. The maximum atomic E-state index is 13.0. The van der Waals surface area contributed by atoms with Crippen molar-refractivity contribution in [1.82, 2.24) is 10.3 Å². The summed E-state index contributed by atoms with van der Waals surface area (Å²) in [7, 11) is 0. The van der Waals surface area contributed by atoms with Crippen LogP contribution in [0.25, 0.3) is 10.9 Å². The minimum absolute atomic E-state index is 0.144. The number of hydrogen-bond donors (Lipinski definition) is 2. The fourth-order valence-electron chi connectivity index (χ4n) is 2.03. The number of carbonyl (C=O) groups is 1. The lowest BCUT2D eigenvalue weighted by molar-refractivity contribution is 0.0934. The van der Waals surface area contributed by atoms with E-state index >= 15 is 0 Å². The van der Waals surface area contributed by atoms with E-state index in [-0.39, 0.29) is 17.8 Å². The fraction of sp³-hybridized carbons (Fsp3) is 0.357. The molecule has 0 aliphatic carbocycles. The molecule has 1 amide bonds. The van der Waals surface area contributed by atoms with E-state index < -0.39 is 0 Å². The van der Waals surface area contributed by atoms with Crippen LogP contribution in [0.3, 0.4) is 0 Å². The van der Waals surface area contributed by atoms with E-state index in [0.29, 0.717) is 11.1 Å². The molecule has 0 aliphatic rings. The Hall–Kier alpha value is -1.84. The Morgan fingerprint density at radius 2 is 2.22 bits per heavy atom. The number of carbonyl (C=O) groups excluding carboxylic acids is 1. The van der Waals surface area contributed by atoms with Crippen molar-refractivity contribution in [2.45, 2.75) is 32.7 Å². The monoisotopic (exact) mass is 248 g/mol. The first kappa shape index (κ1) is 12.6. The van der Waals surface area contributed by atoms with Crippen LogP contribution in [0.15, 0.2) is 24.3 Å². The molecule has 1 unspecified atom stereocenters. The quantitative estimate of drug-likeness (QED) is 0.857. The Kier molecular flexibility index (Phi) is 3.65. The molecule has 2 N–H and O–H groups in total. The van der Waals surface area contributed by atoms with Gasteiger partial charge in [-0.15, -0.1) is 0 Å². The van der Waals surface area contributed by atoms with Crippen molar-refractivity contribution >= 4 is 16.8 Å². The van der Waals surface area contributed by atoms with Crippen LogP contribution in [0.5, 0.6) is 0 Å². The standard InChI is InChI=1S/C14H17FN2O/c1-3-4-9(2)16-14(18)13-8-10-7-11(15)5-6-12(10)17-13/h5-9,17H,3-4H2,1-2H3,(H,16,18). The molecule has 0 spiro atoms. The molecular weight excluding hydrogens is 231 g/mol. The minimum atomic E-state index is -0.298. The van der Waals surface area contributed by atoms with Gasteiger partial charge >= 0.3 is 0 Å². The first-order valence-electron chi connectivity index (χ1n) is 6.19. The molecule has 0 radical (unpaired) electrons. The zero-order valence-electron chi connectivity index (χ0n) is 10.6. The normalized spacial score (nSPS) is 12.6. The van der Waals surface area contributed by atoms with Gasteiger partial charge in [0.05, 0.1) is 0 Å². The summed E-state index contributed by atoms with van der Waals surface area (Å²) in [6.45, 7) is 4.05. The molecule has 2 aromatic rings. The minimum Gasteiger partial charge on any atom is -0.351 e. The van der Waals surface area contributed by atoms with Crippen LogP contribution < -0.4 is 5.32 Å². The average molecular weight is 248 g/mol. The summed E-state index contributed by atoms with van der Waals surface area (Å²) in [6, 6.07) is 6.24. The maximum Gasteiger partial charge on any atom is 0.267 e. The molecule has 1 aromatic carbocycles. The second-order valence-electron chi connectivity index (χ2n) is 4.58. The van der Waals surface area contributed by atoms with Crippen molar-refractivity contribution in [3.05, 3.63) is 35.8 Å². The van der Waals surface area contributed by atoms with E-state index in [1.165, 1.54) is 12.1 Å². The number of H-pyrrole nitrogens is 1. The lowest BCUT2D eigenvalue weighted by Gasteiger charge is -2.11. The third-order valence-electron chi connectivity index (χ3n) is 2.93. The van der Waals surface area contributed by atoms with Crippen molar-refractivity contribution in [2.24, 2.45) is 0 Å². The highest BCUT2D eigenvalue weighted by atomic mass is 19.1. The number of rotatable bonds is 4. The van der Waals surface area contributed by atoms with E-state index in [4.69, 9.17) is 0 Å². The predicted molar refractivity (Wildman–Crippen MR) is 70.1 cm³/mol. The molecule has 0 saturated carbocycles. The highest BCUT2D eigenvalue weighted by Crippen LogP contribution is 2.16. The van der Waals surface area contributed by atoms with Gasteiger partial charge in [-0.05, 0) is 37.6 Å². The first-order valence-corrected chi connectivity index (χ1v) is 6.19. The number of hydrogen-bond acceptors (Lipinski definition) is 1. The van der Waals surface area contributed by atoms with Gasteiger partial charge in [0, 0.05) is 16.9 Å². The van der Waals surface area contributed by atoms with E-state index in [9.17, 15) is 9.18 Å². The smallest absolute Gasteiger partial charge is 0.267 e. The van der Waals surface area contributed by atoms with Gasteiger partial charge in [-0.1, -0.05) is 13.3 Å². The summed E-state index contributed by atoms with van der Waals surface area (Å²) < 4.78 is 13.0. The average Bonchev–Trinajstić information content (AvgIpc) is 2.72. The lowest BCUT2D eigenvalue weighted by atomic mass is 10.2. The Balaban J connectivity index is 2.18. The van der Waals surface area contributed by atoms with Gasteiger partial charge in [0.25, 0.3) is 5.91 Å². The molecule has 1 atom stereocenters. The van der Waals surface area contributed by atoms with Crippen molar-refractivity contribution in [3.63, 3.8) is 0 Å². The maximum absolute atomic E-state index is 13.0. The largest absolute Gasteiger partial charge is 0.351 e. The van der Waals surface area contributed by atoms with Gasteiger partial charge in [-0.2, -0.15) is 0 Å². The summed E-state index contributed by atoms with van der Waals surface area (Å²) in [4.78, 5) is 14.9. The summed E-state index contributed by atoms with van der Waals surface area (Å²) >= 11 is 0. The van der Waals surface area contributed by atoms with Crippen LogP contribution in [0.2, 0.25) is 0 Å². The Morgan fingerprint density at radius 1 is 1.44 bits per heavy atom. The van der Waals surface area contributed by atoms with Crippen molar-refractivity contribution < 1.29 is 9.18 Å². The van der Waals surface area contributed by atoms with E-state index in [1.54, 1.807) is 12.1 Å². The third-order valence-corrected chi connectivity index (χ3v) is 2.93. The molecule has 96 valence electrons. The summed E-state index contributed by atoms with van der Waals surface area (Å²) in [5.41, 5.74) is 1.24.